The Balaban J connectivity index is 0.00000242. The molecule has 0 aliphatic heterocycles. The third-order valence-corrected chi connectivity index (χ3v) is 4.50. The van der Waals surface area contributed by atoms with Gasteiger partial charge in [0.15, 0.2) is 6.10 Å². The van der Waals surface area contributed by atoms with Crippen LogP contribution < -0.4 is 15.8 Å². The van der Waals surface area contributed by atoms with E-state index < -0.39 is 6.10 Å². The minimum absolute atomic E-state index is 0. The Bertz CT molecular complexity index is 542. The highest BCUT2D eigenvalue weighted by Gasteiger charge is 2.42. The summed E-state index contributed by atoms with van der Waals surface area (Å²) in [7, 11) is 0. The molecule has 0 radical (unpaired) electrons. The van der Waals surface area contributed by atoms with Crippen molar-refractivity contribution < 1.29 is 13.9 Å². The highest BCUT2D eigenvalue weighted by Crippen LogP contribution is 2.39. The second kappa shape index (κ2) is 7.62. The molecule has 0 aromatic heterocycles. The molecule has 4 nitrogen and oxygen atoms in total. The fourth-order valence-electron chi connectivity index (χ4n) is 2.24. The second-order valence-electron chi connectivity index (χ2n) is 5.72. The van der Waals surface area contributed by atoms with Gasteiger partial charge < -0.3 is 15.8 Å². The smallest absolute Gasteiger partial charge is 0.261 e. The molecule has 22 heavy (non-hydrogen) atoms. The number of nitrogens with two attached hydrogens (primary N) is 1. The topological polar surface area (TPSA) is 64.3 Å². The molecule has 1 aromatic carbocycles. The number of nitrogens with one attached hydrogen (secondary N) is 1. The Morgan fingerprint density at radius 3 is 2.73 bits per heavy atom. The summed E-state index contributed by atoms with van der Waals surface area (Å²) in [6, 6.07) is 4.08. The number of rotatable bonds is 6. The molecule has 2 rings (SSSR count). The summed E-state index contributed by atoms with van der Waals surface area (Å²) >= 11 is 3.22. The van der Waals surface area contributed by atoms with E-state index in [1.54, 1.807) is 6.92 Å². The highest BCUT2D eigenvalue weighted by molar-refractivity contribution is 9.10. The van der Waals surface area contributed by atoms with E-state index in [2.05, 4.69) is 21.2 Å². The fraction of sp³-hybridized carbons (Fsp3) is 0.533. The highest BCUT2D eigenvalue weighted by atomic mass is 79.9. The molecule has 2 unspecified atom stereocenters. The number of halogens is 3. The molecular weight excluding hydrogens is 375 g/mol. The predicted molar refractivity (Wildman–Crippen MR) is 89.8 cm³/mol. The third-order valence-electron chi connectivity index (χ3n) is 3.88. The van der Waals surface area contributed by atoms with Gasteiger partial charge in [0.2, 0.25) is 0 Å². The van der Waals surface area contributed by atoms with E-state index in [4.69, 9.17) is 10.5 Å². The van der Waals surface area contributed by atoms with Crippen molar-refractivity contribution in [1.82, 2.24) is 5.32 Å². The maximum Gasteiger partial charge on any atom is 0.261 e. The molecule has 0 heterocycles. The maximum absolute atomic E-state index is 13.0. The van der Waals surface area contributed by atoms with Crippen LogP contribution in [-0.2, 0) is 4.79 Å². The molecule has 1 aliphatic carbocycles. The van der Waals surface area contributed by atoms with Gasteiger partial charge in [0.05, 0.1) is 10.0 Å². The first-order valence-corrected chi connectivity index (χ1v) is 7.79. The van der Waals surface area contributed by atoms with E-state index >= 15 is 0 Å². The number of amides is 1. The van der Waals surface area contributed by atoms with Gasteiger partial charge in [0, 0.05) is 6.54 Å². The van der Waals surface area contributed by atoms with E-state index in [0.717, 1.165) is 12.8 Å². The normalized spacial score (nSPS) is 17.9. The van der Waals surface area contributed by atoms with Crippen LogP contribution in [-0.4, -0.2) is 24.1 Å². The van der Waals surface area contributed by atoms with E-state index in [1.165, 1.54) is 18.2 Å². The quantitative estimate of drug-likeness (QED) is 0.778. The third kappa shape index (κ3) is 4.57. The molecule has 0 spiro atoms. The van der Waals surface area contributed by atoms with E-state index in [0.29, 0.717) is 22.7 Å². The zero-order valence-electron chi connectivity index (χ0n) is 12.6. The van der Waals surface area contributed by atoms with Crippen LogP contribution >= 0.6 is 28.3 Å². The summed E-state index contributed by atoms with van der Waals surface area (Å²) in [6.45, 7) is 4.02. The van der Waals surface area contributed by atoms with Crippen LogP contribution in [0.15, 0.2) is 22.7 Å². The van der Waals surface area contributed by atoms with Crippen LogP contribution in [0.2, 0.25) is 0 Å². The lowest BCUT2D eigenvalue weighted by Crippen LogP contribution is -2.56. The van der Waals surface area contributed by atoms with Crippen molar-refractivity contribution in [1.29, 1.82) is 0 Å². The molecule has 1 fully saturated rings. The van der Waals surface area contributed by atoms with Crippen LogP contribution in [0, 0.1) is 11.7 Å². The number of carbonyl (C=O) groups excluding carboxylic acids is 1. The standard InChI is InChI=1S/C15H20BrFN2O2.ClH/c1-9(21-13-6-5-11(17)7-12(13)16)14(20)19-15(2,8-18)10-3-4-10;/h5-7,9-10H,3-4,8,18H2,1-2H3,(H,19,20);1H. The maximum atomic E-state index is 13.0. The van der Waals surface area contributed by atoms with Gasteiger partial charge in [-0.1, -0.05) is 0 Å². The van der Waals surface area contributed by atoms with Gasteiger partial charge in [-0.2, -0.15) is 0 Å². The fourth-order valence-corrected chi connectivity index (χ4v) is 2.68. The number of hydrogen-bond donors (Lipinski definition) is 2. The molecule has 7 heteroatoms. The summed E-state index contributed by atoms with van der Waals surface area (Å²) in [5, 5.41) is 2.98. The first-order valence-electron chi connectivity index (χ1n) is 6.99. The monoisotopic (exact) mass is 394 g/mol. The summed E-state index contributed by atoms with van der Waals surface area (Å²) < 4.78 is 19.1. The van der Waals surface area contributed by atoms with E-state index in [1.807, 2.05) is 6.92 Å². The average molecular weight is 396 g/mol. The van der Waals surface area contributed by atoms with Gasteiger partial charge in [-0.25, -0.2) is 4.39 Å². The first-order chi connectivity index (χ1) is 9.85. The molecule has 1 aromatic rings. The second-order valence-corrected chi connectivity index (χ2v) is 6.57. The van der Waals surface area contributed by atoms with E-state index in [9.17, 15) is 9.18 Å². The first kappa shape index (κ1) is 19.2. The molecule has 1 saturated carbocycles. The van der Waals surface area contributed by atoms with Crippen LogP contribution in [0.3, 0.4) is 0 Å². The largest absolute Gasteiger partial charge is 0.480 e. The summed E-state index contributed by atoms with van der Waals surface area (Å²) in [6.07, 6.45) is 1.50. The van der Waals surface area contributed by atoms with Gasteiger partial charge >= 0.3 is 0 Å². The zero-order chi connectivity index (χ0) is 15.6. The lowest BCUT2D eigenvalue weighted by molar-refractivity contribution is -0.129. The van der Waals surface area contributed by atoms with Crippen molar-refractivity contribution >= 4 is 34.2 Å². The van der Waals surface area contributed by atoms with Crippen molar-refractivity contribution in [2.45, 2.75) is 38.3 Å². The lowest BCUT2D eigenvalue weighted by Gasteiger charge is -2.31. The minimum Gasteiger partial charge on any atom is -0.480 e. The minimum atomic E-state index is -0.684. The number of ether oxygens (including phenoxy) is 1. The summed E-state index contributed by atoms with van der Waals surface area (Å²) in [4.78, 5) is 12.3. The molecule has 0 bridgehead atoms. The van der Waals surface area contributed by atoms with Crippen LogP contribution in [0.25, 0.3) is 0 Å². The lowest BCUT2D eigenvalue weighted by atomic mass is 9.95. The van der Waals surface area contributed by atoms with Crippen molar-refractivity contribution in [2.75, 3.05) is 6.54 Å². The van der Waals surface area contributed by atoms with Gasteiger partial charge in [-0.3, -0.25) is 4.79 Å². The van der Waals surface area contributed by atoms with Crippen molar-refractivity contribution in [3.05, 3.63) is 28.5 Å². The Kier molecular flexibility index (Phi) is 6.65. The van der Waals surface area contributed by atoms with Gasteiger partial charge in [-0.15, -0.1) is 12.4 Å². The van der Waals surface area contributed by atoms with Crippen LogP contribution in [0.4, 0.5) is 4.39 Å². The van der Waals surface area contributed by atoms with Crippen LogP contribution in [0.1, 0.15) is 26.7 Å². The Morgan fingerprint density at radius 1 is 1.59 bits per heavy atom. The Labute approximate surface area is 144 Å². The molecule has 0 saturated heterocycles. The van der Waals surface area contributed by atoms with Gasteiger partial charge in [0.1, 0.15) is 11.6 Å². The summed E-state index contributed by atoms with van der Waals surface area (Å²) in [5.74, 6) is 0.290. The predicted octanol–water partition coefficient (Wildman–Crippen LogP) is 3.02. The molecule has 3 N–H and O–H groups in total. The Morgan fingerprint density at radius 2 is 2.23 bits per heavy atom. The van der Waals surface area contributed by atoms with Gasteiger partial charge in [0.25, 0.3) is 5.91 Å². The van der Waals surface area contributed by atoms with Gasteiger partial charge in [-0.05, 0) is 66.7 Å². The van der Waals surface area contributed by atoms with Crippen LogP contribution in [0.5, 0.6) is 5.75 Å². The van der Waals surface area contributed by atoms with Crippen molar-refractivity contribution in [2.24, 2.45) is 11.7 Å². The SMILES string of the molecule is CC(Oc1ccc(F)cc1Br)C(=O)NC(C)(CN)C1CC1.Cl. The molecule has 124 valence electrons. The van der Waals surface area contributed by atoms with E-state index in [-0.39, 0.29) is 29.7 Å². The number of carbonyl (C=O) groups is 1. The zero-order valence-corrected chi connectivity index (χ0v) is 15.0. The number of hydrogen-bond acceptors (Lipinski definition) is 3. The summed E-state index contributed by atoms with van der Waals surface area (Å²) in [5.41, 5.74) is 5.40. The molecule has 1 aliphatic rings. The number of benzene rings is 1. The average Bonchev–Trinajstić information content (AvgIpc) is 3.26. The van der Waals surface area contributed by atoms with Crippen molar-refractivity contribution in [3.63, 3.8) is 0 Å². The Hall–Kier alpha value is -0.850. The molecule has 1 amide bonds. The molecular formula is C15H21BrClFN2O2. The molecule has 2 atom stereocenters. The van der Waals surface area contributed by atoms with Crippen molar-refractivity contribution in [3.8, 4) is 5.75 Å².